The number of rotatable bonds is 9. The van der Waals surface area contributed by atoms with Crippen LogP contribution in [0.5, 0.6) is 0 Å². The molecule has 0 aromatic heterocycles. The maximum Gasteiger partial charge on any atom is 0.0900 e. The SMILES string of the molecule is CC(COCC(O)CN1CCN(Cc2ccc(Cl)cc2)CC1)c1ccccc1. The lowest BCUT2D eigenvalue weighted by molar-refractivity contribution is 0.00364. The van der Waals surface area contributed by atoms with Crippen molar-refractivity contribution in [1.29, 1.82) is 0 Å². The van der Waals surface area contributed by atoms with E-state index in [9.17, 15) is 5.11 Å². The summed E-state index contributed by atoms with van der Waals surface area (Å²) >= 11 is 5.95. The minimum absolute atomic E-state index is 0.338. The number of nitrogens with zero attached hydrogens (tertiary/aromatic N) is 2. The van der Waals surface area contributed by atoms with Crippen LogP contribution in [0.1, 0.15) is 24.0 Å². The number of β-amino-alcohol motifs (C(OH)–C–C–N with tert-alkyl or cyclic N) is 1. The van der Waals surface area contributed by atoms with Gasteiger partial charge in [0.15, 0.2) is 0 Å². The molecule has 152 valence electrons. The third kappa shape index (κ3) is 6.87. The van der Waals surface area contributed by atoms with Crippen LogP contribution in [0.25, 0.3) is 0 Å². The van der Waals surface area contributed by atoms with Gasteiger partial charge in [0.1, 0.15) is 0 Å². The lowest BCUT2D eigenvalue weighted by atomic mass is 10.0. The van der Waals surface area contributed by atoms with Crippen LogP contribution in [-0.4, -0.2) is 66.9 Å². The van der Waals surface area contributed by atoms with Crippen LogP contribution in [-0.2, 0) is 11.3 Å². The zero-order chi connectivity index (χ0) is 19.8. The van der Waals surface area contributed by atoms with E-state index in [4.69, 9.17) is 16.3 Å². The van der Waals surface area contributed by atoms with Crippen molar-refractivity contribution in [2.45, 2.75) is 25.5 Å². The number of hydrogen-bond acceptors (Lipinski definition) is 4. The molecule has 0 spiro atoms. The number of piperazine rings is 1. The molecular formula is C23H31ClN2O2. The molecule has 1 fully saturated rings. The Hall–Kier alpha value is -1.43. The lowest BCUT2D eigenvalue weighted by Gasteiger charge is -2.35. The van der Waals surface area contributed by atoms with Crippen LogP contribution in [0.4, 0.5) is 0 Å². The number of aliphatic hydroxyl groups is 1. The second-order valence-electron chi connectivity index (χ2n) is 7.71. The van der Waals surface area contributed by atoms with Gasteiger partial charge in [0.25, 0.3) is 0 Å². The fraction of sp³-hybridized carbons (Fsp3) is 0.478. The maximum atomic E-state index is 10.3. The first-order chi connectivity index (χ1) is 13.6. The Balaban J connectivity index is 1.31. The summed E-state index contributed by atoms with van der Waals surface area (Å²) in [5.41, 5.74) is 2.56. The third-order valence-electron chi connectivity index (χ3n) is 5.30. The summed E-state index contributed by atoms with van der Waals surface area (Å²) in [4.78, 5) is 4.77. The number of aliphatic hydroxyl groups excluding tert-OH is 1. The van der Waals surface area contributed by atoms with Crippen LogP contribution in [0.3, 0.4) is 0 Å². The standard InChI is InChI=1S/C23H31ClN2O2/c1-19(21-5-3-2-4-6-21)17-28-18-23(27)16-26-13-11-25(12-14-26)15-20-7-9-22(24)10-8-20/h2-10,19,23,27H,11-18H2,1H3. The van der Waals surface area contributed by atoms with E-state index in [1.807, 2.05) is 30.3 Å². The van der Waals surface area contributed by atoms with Crippen molar-refractivity contribution in [2.24, 2.45) is 0 Å². The average molecular weight is 403 g/mol. The van der Waals surface area contributed by atoms with E-state index < -0.39 is 6.10 Å². The normalized spacial score (nSPS) is 18.1. The molecule has 28 heavy (non-hydrogen) atoms. The van der Waals surface area contributed by atoms with Crippen molar-refractivity contribution in [3.8, 4) is 0 Å². The molecule has 2 atom stereocenters. The van der Waals surface area contributed by atoms with Gasteiger partial charge in [-0.1, -0.05) is 61.0 Å². The zero-order valence-electron chi connectivity index (χ0n) is 16.6. The number of benzene rings is 2. The van der Waals surface area contributed by atoms with Crippen molar-refractivity contribution < 1.29 is 9.84 Å². The smallest absolute Gasteiger partial charge is 0.0900 e. The summed E-state index contributed by atoms with van der Waals surface area (Å²) in [6.07, 6.45) is -0.439. The first kappa shape index (κ1) is 21.3. The van der Waals surface area contributed by atoms with Crippen molar-refractivity contribution >= 4 is 11.6 Å². The molecule has 0 saturated carbocycles. The Bertz CT molecular complexity index is 688. The van der Waals surface area contributed by atoms with E-state index in [0.717, 1.165) is 37.7 Å². The Morgan fingerprint density at radius 3 is 2.25 bits per heavy atom. The van der Waals surface area contributed by atoms with Crippen LogP contribution < -0.4 is 0 Å². The van der Waals surface area contributed by atoms with Gasteiger partial charge in [-0.25, -0.2) is 0 Å². The molecule has 1 heterocycles. The van der Waals surface area contributed by atoms with Gasteiger partial charge in [0, 0.05) is 50.2 Å². The Morgan fingerprint density at radius 1 is 0.929 bits per heavy atom. The van der Waals surface area contributed by atoms with E-state index >= 15 is 0 Å². The summed E-state index contributed by atoms with van der Waals surface area (Å²) in [5, 5.41) is 11.1. The lowest BCUT2D eigenvalue weighted by Crippen LogP contribution is -2.48. The second-order valence-corrected chi connectivity index (χ2v) is 8.14. The molecule has 0 aliphatic carbocycles. The second kappa shape index (κ2) is 10.9. The number of ether oxygens (including phenoxy) is 1. The van der Waals surface area contributed by atoms with E-state index in [1.165, 1.54) is 11.1 Å². The molecule has 1 aliphatic heterocycles. The number of halogens is 1. The van der Waals surface area contributed by atoms with Crippen LogP contribution in [0.15, 0.2) is 54.6 Å². The fourth-order valence-electron chi connectivity index (χ4n) is 3.59. The fourth-order valence-corrected chi connectivity index (χ4v) is 3.71. The van der Waals surface area contributed by atoms with Crippen molar-refractivity contribution in [2.75, 3.05) is 45.9 Å². The van der Waals surface area contributed by atoms with Gasteiger partial charge in [0.2, 0.25) is 0 Å². The molecule has 1 saturated heterocycles. The molecule has 2 unspecified atom stereocenters. The summed E-state index contributed by atoms with van der Waals surface area (Å²) in [6, 6.07) is 18.4. The highest BCUT2D eigenvalue weighted by molar-refractivity contribution is 6.30. The van der Waals surface area contributed by atoms with Crippen LogP contribution >= 0.6 is 11.6 Å². The molecular weight excluding hydrogens is 372 g/mol. The predicted molar refractivity (Wildman–Crippen MR) is 115 cm³/mol. The van der Waals surface area contributed by atoms with Gasteiger partial charge in [0.05, 0.1) is 19.3 Å². The first-order valence-electron chi connectivity index (χ1n) is 10.1. The van der Waals surface area contributed by atoms with E-state index in [2.05, 4.69) is 41.0 Å². The number of hydrogen-bond donors (Lipinski definition) is 1. The highest BCUT2D eigenvalue weighted by atomic mass is 35.5. The minimum atomic E-state index is -0.439. The molecule has 0 bridgehead atoms. The maximum absolute atomic E-state index is 10.3. The van der Waals surface area contributed by atoms with E-state index in [1.54, 1.807) is 0 Å². The van der Waals surface area contributed by atoms with Gasteiger partial charge in [-0.2, -0.15) is 0 Å². The molecule has 0 amide bonds. The van der Waals surface area contributed by atoms with Crippen molar-refractivity contribution in [1.82, 2.24) is 9.80 Å². The van der Waals surface area contributed by atoms with Gasteiger partial charge in [-0.15, -0.1) is 0 Å². The summed E-state index contributed by atoms with van der Waals surface area (Å²) in [6.45, 7) is 8.79. The zero-order valence-corrected chi connectivity index (χ0v) is 17.4. The molecule has 1 N–H and O–H groups in total. The summed E-state index contributed by atoms with van der Waals surface area (Å²) in [7, 11) is 0. The van der Waals surface area contributed by atoms with Crippen LogP contribution in [0.2, 0.25) is 5.02 Å². The van der Waals surface area contributed by atoms with Gasteiger partial charge in [-0.3, -0.25) is 9.80 Å². The first-order valence-corrected chi connectivity index (χ1v) is 10.5. The van der Waals surface area contributed by atoms with E-state index in [0.29, 0.717) is 25.7 Å². The minimum Gasteiger partial charge on any atom is -0.389 e. The molecule has 5 heteroatoms. The Kier molecular flexibility index (Phi) is 8.31. The van der Waals surface area contributed by atoms with Gasteiger partial charge >= 0.3 is 0 Å². The van der Waals surface area contributed by atoms with Crippen molar-refractivity contribution in [3.63, 3.8) is 0 Å². The summed E-state index contributed by atoms with van der Waals surface area (Å²) < 4.78 is 5.77. The molecule has 0 radical (unpaired) electrons. The summed E-state index contributed by atoms with van der Waals surface area (Å²) in [5.74, 6) is 0.338. The highest BCUT2D eigenvalue weighted by Gasteiger charge is 2.19. The van der Waals surface area contributed by atoms with E-state index in [-0.39, 0.29) is 0 Å². The Morgan fingerprint density at radius 2 is 1.57 bits per heavy atom. The average Bonchev–Trinajstić information content (AvgIpc) is 2.72. The monoisotopic (exact) mass is 402 g/mol. The van der Waals surface area contributed by atoms with Crippen LogP contribution in [0, 0.1) is 0 Å². The topological polar surface area (TPSA) is 35.9 Å². The van der Waals surface area contributed by atoms with Gasteiger partial charge in [-0.05, 0) is 23.3 Å². The highest BCUT2D eigenvalue weighted by Crippen LogP contribution is 2.15. The third-order valence-corrected chi connectivity index (χ3v) is 5.55. The van der Waals surface area contributed by atoms with Gasteiger partial charge < -0.3 is 9.84 Å². The largest absolute Gasteiger partial charge is 0.389 e. The van der Waals surface area contributed by atoms with Crippen molar-refractivity contribution in [3.05, 3.63) is 70.7 Å². The molecule has 3 rings (SSSR count). The molecule has 2 aromatic rings. The quantitative estimate of drug-likeness (QED) is 0.694. The molecule has 4 nitrogen and oxygen atoms in total. The predicted octanol–water partition coefficient (Wildman–Crippen LogP) is 3.64. The molecule has 1 aliphatic rings. The Labute approximate surface area is 173 Å². The molecule has 2 aromatic carbocycles.